The van der Waals surface area contributed by atoms with Crippen LogP contribution in [0.2, 0.25) is 5.02 Å². The molecule has 2 rings (SSSR count). The second kappa shape index (κ2) is 15.2. The van der Waals surface area contributed by atoms with E-state index in [2.05, 4.69) is 43.0 Å². The highest BCUT2D eigenvalue weighted by Crippen LogP contribution is 2.31. The third-order valence-corrected chi connectivity index (χ3v) is 7.13. The van der Waals surface area contributed by atoms with Crippen molar-refractivity contribution in [3.63, 3.8) is 0 Å². The number of hydrogen-bond donors (Lipinski definition) is 3. The van der Waals surface area contributed by atoms with Crippen LogP contribution in [-0.2, 0) is 14.3 Å². The number of anilines is 1. The number of nitrogens with zero attached hydrogens (tertiary/aromatic N) is 1. The molecule has 2 aromatic carbocycles. The predicted octanol–water partition coefficient (Wildman–Crippen LogP) is 6.79. The number of nitrogens with one attached hydrogen (secondary N) is 2. The second-order valence-corrected chi connectivity index (χ2v) is 12.3. The van der Waals surface area contributed by atoms with Crippen molar-refractivity contribution in [3.8, 4) is 12.3 Å². The lowest BCUT2D eigenvalue weighted by Gasteiger charge is -2.38. The number of para-hydroxylation sites is 1. The summed E-state index contributed by atoms with van der Waals surface area (Å²) in [6, 6.07) is 9.80. The minimum Gasteiger partial charge on any atom is -0.444 e. The summed E-state index contributed by atoms with van der Waals surface area (Å²) in [5.74, 6) is 2.05. The molecule has 3 atom stereocenters. The number of rotatable bonds is 11. The van der Waals surface area contributed by atoms with Gasteiger partial charge in [0.2, 0.25) is 5.91 Å². The summed E-state index contributed by atoms with van der Waals surface area (Å²) in [4.78, 5) is 42.6. The first-order valence-electron chi connectivity index (χ1n) is 13.7. The van der Waals surface area contributed by atoms with E-state index in [1.54, 1.807) is 57.2 Å². The van der Waals surface area contributed by atoms with E-state index in [0.717, 1.165) is 12.0 Å². The van der Waals surface area contributed by atoms with E-state index in [0.29, 0.717) is 34.2 Å². The Balaban J connectivity index is 2.63. The smallest absolute Gasteiger partial charge is 0.408 e. The van der Waals surface area contributed by atoms with E-state index in [1.165, 1.54) is 4.90 Å². The molecule has 0 saturated heterocycles. The zero-order chi connectivity index (χ0) is 30.9. The minimum atomic E-state index is -1.06. The van der Waals surface area contributed by atoms with E-state index < -0.39 is 35.6 Å². The Morgan fingerprint density at radius 3 is 2.22 bits per heavy atom. The summed E-state index contributed by atoms with van der Waals surface area (Å²) in [7, 11) is 0. The molecule has 0 spiro atoms. The van der Waals surface area contributed by atoms with Crippen molar-refractivity contribution in [1.29, 1.82) is 0 Å². The van der Waals surface area contributed by atoms with Gasteiger partial charge in [-0.3, -0.25) is 9.59 Å². The Kier molecular flexibility index (Phi) is 12.6. The fourth-order valence-electron chi connectivity index (χ4n) is 4.31. The van der Waals surface area contributed by atoms with Crippen LogP contribution < -0.4 is 10.6 Å². The average Bonchev–Trinajstić information content (AvgIpc) is 2.89. The van der Waals surface area contributed by atoms with Gasteiger partial charge in [0, 0.05) is 17.4 Å². The third-order valence-electron chi connectivity index (χ3n) is 6.45. The maximum atomic E-state index is 14.3. The van der Waals surface area contributed by atoms with E-state index >= 15 is 0 Å². The fraction of sp³-hybridized carbons (Fsp3) is 0.469. The van der Waals surface area contributed by atoms with Crippen molar-refractivity contribution >= 4 is 47.8 Å². The molecule has 2 aromatic rings. The number of terminal acetylenes is 1. The number of hydrogen-bond acceptors (Lipinski definition) is 5. The van der Waals surface area contributed by atoms with Crippen LogP contribution in [0, 0.1) is 25.2 Å². The van der Waals surface area contributed by atoms with Crippen LogP contribution in [-0.4, -0.2) is 46.2 Å². The molecule has 41 heavy (non-hydrogen) atoms. The van der Waals surface area contributed by atoms with Crippen molar-refractivity contribution in [2.45, 2.75) is 85.0 Å². The zero-order valence-electron chi connectivity index (χ0n) is 25.0. The topological polar surface area (TPSA) is 87.7 Å². The first-order chi connectivity index (χ1) is 19.2. The van der Waals surface area contributed by atoms with E-state index in [9.17, 15) is 14.4 Å². The van der Waals surface area contributed by atoms with Crippen molar-refractivity contribution < 1.29 is 19.1 Å². The number of thiol groups is 1. The molecule has 0 aliphatic heterocycles. The summed E-state index contributed by atoms with van der Waals surface area (Å²) in [6.07, 6.45) is 6.28. The van der Waals surface area contributed by atoms with Crippen LogP contribution in [0.15, 0.2) is 42.5 Å². The molecule has 222 valence electrons. The molecule has 7 nitrogen and oxygen atoms in total. The maximum Gasteiger partial charge on any atom is 0.408 e. The summed E-state index contributed by atoms with van der Waals surface area (Å²) < 4.78 is 5.40. The molecule has 0 bridgehead atoms. The lowest BCUT2D eigenvalue weighted by molar-refractivity contribution is -0.143. The molecule has 9 heteroatoms. The molecule has 2 N–H and O–H groups in total. The number of halogens is 1. The molecule has 0 saturated carbocycles. The lowest BCUT2D eigenvalue weighted by atomic mass is 9.96. The molecule has 0 radical (unpaired) electrons. The van der Waals surface area contributed by atoms with Crippen LogP contribution in [0.3, 0.4) is 0 Å². The van der Waals surface area contributed by atoms with E-state index in [1.807, 2.05) is 19.9 Å². The molecule has 0 aromatic heterocycles. The first-order valence-corrected chi connectivity index (χ1v) is 14.7. The monoisotopic (exact) mass is 599 g/mol. The van der Waals surface area contributed by atoms with Gasteiger partial charge in [0.25, 0.3) is 5.91 Å². The predicted molar refractivity (Wildman–Crippen MR) is 169 cm³/mol. The van der Waals surface area contributed by atoms with Gasteiger partial charge in [0.1, 0.15) is 17.7 Å². The SMILES string of the molecule is C#Cc1ccc(C(C(=O)Nc2c(C)cccc2Cl)N(C(=O)C(CS)NC(=O)OC(C)(C)C)C(C)CCC(C)C)cc1. The number of amides is 3. The lowest BCUT2D eigenvalue weighted by Crippen LogP contribution is -2.55. The number of carbonyl (C=O) groups excluding carboxylic acids is 3. The Bertz CT molecular complexity index is 1230. The Morgan fingerprint density at radius 2 is 1.71 bits per heavy atom. The zero-order valence-corrected chi connectivity index (χ0v) is 26.6. The number of aryl methyl sites for hydroxylation is 1. The summed E-state index contributed by atoms with van der Waals surface area (Å²) in [6.45, 7) is 13.2. The molecular formula is C32H42ClN3O4S. The van der Waals surface area contributed by atoms with Crippen LogP contribution in [0.25, 0.3) is 0 Å². The van der Waals surface area contributed by atoms with Gasteiger partial charge in [-0.2, -0.15) is 12.6 Å². The van der Waals surface area contributed by atoms with Gasteiger partial charge in [-0.05, 0) is 82.7 Å². The van der Waals surface area contributed by atoms with Crippen molar-refractivity contribution in [2.24, 2.45) is 5.92 Å². The van der Waals surface area contributed by atoms with E-state index in [-0.39, 0.29) is 11.8 Å². The normalized spacial score (nSPS) is 13.5. The molecule has 3 amide bonds. The average molecular weight is 600 g/mol. The van der Waals surface area contributed by atoms with Crippen molar-refractivity contribution in [3.05, 3.63) is 64.2 Å². The first kappa shape index (κ1) is 34.1. The van der Waals surface area contributed by atoms with Gasteiger partial charge in [0.05, 0.1) is 10.7 Å². The van der Waals surface area contributed by atoms with Gasteiger partial charge in [0.15, 0.2) is 0 Å². The highest BCUT2D eigenvalue weighted by atomic mass is 35.5. The van der Waals surface area contributed by atoms with E-state index in [4.69, 9.17) is 22.8 Å². The van der Waals surface area contributed by atoms with Crippen LogP contribution in [0.1, 0.15) is 77.1 Å². The number of benzene rings is 2. The van der Waals surface area contributed by atoms with Gasteiger partial charge in [-0.1, -0.05) is 55.6 Å². The second-order valence-electron chi connectivity index (χ2n) is 11.5. The Hall–Kier alpha value is -3.15. The standard InChI is InChI=1S/C32H42ClN3O4S/c1-9-23-15-17-24(18-16-23)28(29(37)35-27-21(4)11-10-12-25(27)33)36(22(5)14-13-20(2)3)30(38)26(19-41)34-31(39)40-32(6,7)8/h1,10-12,15-18,20,22,26,28,41H,13-14,19H2,2-8H3,(H,34,39)(H,35,37). The van der Waals surface area contributed by atoms with Crippen LogP contribution >= 0.6 is 24.2 Å². The highest BCUT2D eigenvalue weighted by Gasteiger charge is 2.39. The molecular weight excluding hydrogens is 558 g/mol. The molecule has 0 fully saturated rings. The quantitative estimate of drug-likeness (QED) is 0.196. The summed E-state index contributed by atoms with van der Waals surface area (Å²) >= 11 is 10.8. The maximum absolute atomic E-state index is 14.3. The van der Waals surface area contributed by atoms with Crippen molar-refractivity contribution in [2.75, 3.05) is 11.1 Å². The van der Waals surface area contributed by atoms with Crippen molar-refractivity contribution in [1.82, 2.24) is 10.2 Å². The van der Waals surface area contributed by atoms with Crippen LogP contribution in [0.5, 0.6) is 0 Å². The Morgan fingerprint density at radius 1 is 1.07 bits per heavy atom. The number of carbonyl (C=O) groups is 3. The van der Waals surface area contributed by atoms with Gasteiger partial charge in [-0.15, -0.1) is 6.42 Å². The fourth-order valence-corrected chi connectivity index (χ4v) is 4.83. The van der Waals surface area contributed by atoms with Gasteiger partial charge < -0.3 is 20.3 Å². The Labute approximate surface area is 255 Å². The molecule has 0 heterocycles. The molecule has 0 aliphatic carbocycles. The van der Waals surface area contributed by atoms with Gasteiger partial charge >= 0.3 is 6.09 Å². The molecule has 0 aliphatic rings. The van der Waals surface area contributed by atoms with Gasteiger partial charge in [-0.25, -0.2) is 4.79 Å². The molecule has 3 unspecified atom stereocenters. The number of alkyl carbamates (subject to hydrolysis) is 1. The highest BCUT2D eigenvalue weighted by molar-refractivity contribution is 7.80. The van der Waals surface area contributed by atoms with Crippen LogP contribution in [0.4, 0.5) is 10.5 Å². The number of ether oxygens (including phenoxy) is 1. The minimum absolute atomic E-state index is 0.000527. The summed E-state index contributed by atoms with van der Waals surface area (Å²) in [5.41, 5.74) is 1.68. The largest absolute Gasteiger partial charge is 0.444 e. The summed E-state index contributed by atoms with van der Waals surface area (Å²) in [5, 5.41) is 5.98. The third kappa shape index (κ3) is 10.0.